The highest BCUT2D eigenvalue weighted by Crippen LogP contribution is 2.17. The van der Waals surface area contributed by atoms with Crippen molar-refractivity contribution in [3.63, 3.8) is 0 Å². The molecule has 2 saturated heterocycles. The molecule has 0 radical (unpaired) electrons. The Bertz CT molecular complexity index is 583. The molecular weight excluding hydrogens is 332 g/mol. The van der Waals surface area contributed by atoms with Gasteiger partial charge in [-0.2, -0.15) is 0 Å². The van der Waals surface area contributed by atoms with Gasteiger partial charge in [0.2, 0.25) is 0 Å². The van der Waals surface area contributed by atoms with Gasteiger partial charge in [-0.3, -0.25) is 14.6 Å². The van der Waals surface area contributed by atoms with Crippen molar-refractivity contribution in [1.82, 2.24) is 19.9 Å². The highest BCUT2D eigenvalue weighted by Gasteiger charge is 2.23. The average molecular weight is 364 g/mol. The van der Waals surface area contributed by atoms with Gasteiger partial charge in [-0.25, -0.2) is 0 Å². The molecule has 0 aliphatic carbocycles. The molecule has 1 N–H and O–H groups in total. The molecule has 26 heavy (non-hydrogen) atoms. The minimum atomic E-state index is -0.186. The molecule has 7 nitrogen and oxygen atoms in total. The van der Waals surface area contributed by atoms with E-state index in [9.17, 15) is 9.90 Å². The first-order chi connectivity index (χ1) is 12.5. The molecule has 0 saturated carbocycles. The smallest absolute Gasteiger partial charge is 0.275 e. The molecule has 146 valence electrons. The minimum Gasteiger partial charge on any atom is -0.393 e. The number of amides is 1. The quantitative estimate of drug-likeness (QED) is 0.826. The number of piperidine rings is 2. The number of carbonyl (C=O) groups is 1. The van der Waals surface area contributed by atoms with Gasteiger partial charge in [0.1, 0.15) is 0 Å². The largest absolute Gasteiger partial charge is 0.393 e. The van der Waals surface area contributed by atoms with Crippen molar-refractivity contribution >= 4 is 5.91 Å². The number of hydrogen-bond acceptors (Lipinski definition) is 6. The normalized spacial score (nSPS) is 23.3. The minimum absolute atomic E-state index is 0.0845. The van der Waals surface area contributed by atoms with Crippen LogP contribution in [0.2, 0.25) is 0 Å². The van der Waals surface area contributed by atoms with Crippen LogP contribution in [-0.2, 0) is 6.54 Å². The second-order valence-electron chi connectivity index (χ2n) is 7.79. The summed E-state index contributed by atoms with van der Waals surface area (Å²) in [4.78, 5) is 19.0. The fourth-order valence-corrected chi connectivity index (χ4v) is 3.85. The van der Waals surface area contributed by atoms with Crippen molar-refractivity contribution in [1.29, 1.82) is 0 Å². The molecule has 3 heterocycles. The monoisotopic (exact) mass is 364 g/mol. The molecule has 0 aromatic carbocycles. The van der Waals surface area contributed by atoms with E-state index in [1.807, 2.05) is 7.05 Å². The van der Waals surface area contributed by atoms with Crippen LogP contribution in [0, 0.1) is 0 Å². The van der Waals surface area contributed by atoms with Crippen LogP contribution in [0.3, 0.4) is 0 Å². The topological polar surface area (TPSA) is 73.0 Å². The molecule has 1 unspecified atom stereocenters. The summed E-state index contributed by atoms with van der Waals surface area (Å²) in [6.07, 6.45) is 5.20. The van der Waals surface area contributed by atoms with E-state index in [-0.39, 0.29) is 12.0 Å². The van der Waals surface area contributed by atoms with E-state index in [2.05, 4.69) is 21.9 Å². The first-order valence-corrected chi connectivity index (χ1v) is 9.88. The lowest BCUT2D eigenvalue weighted by molar-refractivity contribution is 0.0732. The Morgan fingerprint density at radius 1 is 1.31 bits per heavy atom. The molecule has 1 amide bonds. The summed E-state index contributed by atoms with van der Waals surface area (Å²) in [5.74, 6) is 0.626. The van der Waals surface area contributed by atoms with Crippen molar-refractivity contribution < 1.29 is 14.4 Å². The summed E-state index contributed by atoms with van der Waals surface area (Å²) in [5, 5.41) is 13.5. The van der Waals surface area contributed by atoms with Crippen LogP contribution < -0.4 is 0 Å². The van der Waals surface area contributed by atoms with Gasteiger partial charge in [0.25, 0.3) is 5.91 Å². The maximum Gasteiger partial charge on any atom is 0.275 e. The number of likely N-dealkylation sites (N-methyl/N-ethyl adjacent to an activating group) is 1. The lowest BCUT2D eigenvalue weighted by atomic mass is 10.0. The molecule has 1 atom stereocenters. The highest BCUT2D eigenvalue weighted by atomic mass is 16.5. The maximum absolute atomic E-state index is 12.6. The zero-order valence-corrected chi connectivity index (χ0v) is 16.1. The van der Waals surface area contributed by atoms with Crippen molar-refractivity contribution in [2.75, 3.05) is 39.8 Å². The van der Waals surface area contributed by atoms with Gasteiger partial charge in [0.05, 0.1) is 12.6 Å². The number of rotatable bonds is 6. The van der Waals surface area contributed by atoms with Gasteiger partial charge in [0, 0.05) is 45.3 Å². The zero-order valence-electron chi connectivity index (χ0n) is 16.1. The summed E-state index contributed by atoms with van der Waals surface area (Å²) >= 11 is 0. The van der Waals surface area contributed by atoms with Crippen LogP contribution in [-0.4, -0.2) is 82.8 Å². The molecule has 3 rings (SSSR count). The molecular formula is C19H32N4O3. The molecule has 2 aliphatic heterocycles. The molecule has 1 aromatic rings. The van der Waals surface area contributed by atoms with E-state index < -0.39 is 0 Å². The SMILES string of the molecule is CC1CCCCN1CCN(C)C(=O)c1cc(CN2CCC(O)CC2)on1. The van der Waals surface area contributed by atoms with Crippen molar-refractivity contribution in [2.24, 2.45) is 0 Å². The van der Waals surface area contributed by atoms with E-state index in [0.717, 1.165) is 39.0 Å². The van der Waals surface area contributed by atoms with Gasteiger partial charge in [-0.1, -0.05) is 11.6 Å². The van der Waals surface area contributed by atoms with E-state index in [4.69, 9.17) is 4.52 Å². The first-order valence-electron chi connectivity index (χ1n) is 9.88. The summed E-state index contributed by atoms with van der Waals surface area (Å²) in [6, 6.07) is 2.36. The molecule has 7 heteroatoms. The molecule has 0 bridgehead atoms. The van der Waals surface area contributed by atoms with Crippen molar-refractivity contribution in [2.45, 2.75) is 57.7 Å². The summed E-state index contributed by atoms with van der Waals surface area (Å²) < 4.78 is 5.36. The van der Waals surface area contributed by atoms with Gasteiger partial charge < -0.3 is 14.5 Å². The fourth-order valence-electron chi connectivity index (χ4n) is 3.85. The third-order valence-corrected chi connectivity index (χ3v) is 5.72. The maximum atomic E-state index is 12.6. The van der Waals surface area contributed by atoms with Crippen LogP contribution in [0.25, 0.3) is 0 Å². The predicted octanol–water partition coefficient (Wildman–Crippen LogP) is 1.58. The van der Waals surface area contributed by atoms with Crippen molar-refractivity contribution in [3.05, 3.63) is 17.5 Å². The second-order valence-corrected chi connectivity index (χ2v) is 7.79. The Hall–Kier alpha value is -1.44. The summed E-state index contributed by atoms with van der Waals surface area (Å²) in [6.45, 7) is 7.34. The summed E-state index contributed by atoms with van der Waals surface area (Å²) in [5.41, 5.74) is 0.381. The van der Waals surface area contributed by atoms with Gasteiger partial charge >= 0.3 is 0 Å². The standard InChI is InChI=1S/C19H32N4O3/c1-15-5-3-4-8-23(15)12-11-21(2)19(25)18-13-17(26-20-18)14-22-9-6-16(24)7-10-22/h13,15-16,24H,3-12,14H2,1-2H3. The zero-order chi connectivity index (χ0) is 18.5. The Kier molecular flexibility index (Phi) is 6.67. The number of aliphatic hydroxyl groups excluding tert-OH is 1. The number of aliphatic hydroxyl groups is 1. The number of carbonyl (C=O) groups excluding carboxylic acids is 1. The van der Waals surface area contributed by atoms with Gasteiger partial charge in [0.15, 0.2) is 11.5 Å². The number of nitrogens with zero attached hydrogens (tertiary/aromatic N) is 4. The van der Waals surface area contributed by atoms with Gasteiger partial charge in [-0.15, -0.1) is 0 Å². The van der Waals surface area contributed by atoms with E-state index >= 15 is 0 Å². The third kappa shape index (κ3) is 5.05. The Labute approximate surface area is 155 Å². The van der Waals surface area contributed by atoms with Gasteiger partial charge in [-0.05, 0) is 39.2 Å². The van der Waals surface area contributed by atoms with E-state index in [0.29, 0.717) is 30.6 Å². The predicted molar refractivity (Wildman–Crippen MR) is 98.9 cm³/mol. The van der Waals surface area contributed by atoms with Crippen LogP contribution in [0.5, 0.6) is 0 Å². The molecule has 2 aliphatic rings. The van der Waals surface area contributed by atoms with Crippen LogP contribution in [0.15, 0.2) is 10.6 Å². The second kappa shape index (κ2) is 8.97. The molecule has 0 spiro atoms. The van der Waals surface area contributed by atoms with E-state index in [1.165, 1.54) is 19.3 Å². The summed E-state index contributed by atoms with van der Waals surface area (Å²) in [7, 11) is 1.83. The Balaban J connectivity index is 1.47. The van der Waals surface area contributed by atoms with Crippen LogP contribution in [0.4, 0.5) is 0 Å². The first kappa shape index (κ1) is 19.3. The van der Waals surface area contributed by atoms with E-state index in [1.54, 1.807) is 11.0 Å². The molecule has 2 fully saturated rings. The number of aromatic nitrogens is 1. The Morgan fingerprint density at radius 2 is 2.08 bits per heavy atom. The number of hydrogen-bond donors (Lipinski definition) is 1. The van der Waals surface area contributed by atoms with Crippen molar-refractivity contribution in [3.8, 4) is 0 Å². The highest BCUT2D eigenvalue weighted by molar-refractivity contribution is 5.92. The lowest BCUT2D eigenvalue weighted by Gasteiger charge is -2.34. The Morgan fingerprint density at radius 3 is 2.81 bits per heavy atom. The van der Waals surface area contributed by atoms with Crippen LogP contribution in [0.1, 0.15) is 55.3 Å². The lowest BCUT2D eigenvalue weighted by Crippen LogP contribution is -2.43. The number of likely N-dealkylation sites (tertiary alicyclic amines) is 2. The van der Waals surface area contributed by atoms with Crippen LogP contribution >= 0.6 is 0 Å². The molecule has 1 aromatic heterocycles. The average Bonchev–Trinajstić information content (AvgIpc) is 3.10. The third-order valence-electron chi connectivity index (χ3n) is 5.72. The fraction of sp³-hybridized carbons (Fsp3) is 0.789.